The summed E-state index contributed by atoms with van der Waals surface area (Å²) in [7, 11) is 0. The first-order valence-electron chi connectivity index (χ1n) is 7.41. The van der Waals surface area contributed by atoms with Crippen LogP contribution in [0.2, 0.25) is 0 Å². The summed E-state index contributed by atoms with van der Waals surface area (Å²) in [5, 5.41) is 7.32. The third kappa shape index (κ3) is 4.26. The van der Waals surface area contributed by atoms with Crippen molar-refractivity contribution in [3.8, 4) is 0 Å². The van der Waals surface area contributed by atoms with Gasteiger partial charge in [0.25, 0.3) is 0 Å². The molecule has 1 aromatic rings. The van der Waals surface area contributed by atoms with Gasteiger partial charge in [-0.1, -0.05) is 5.16 Å². The lowest BCUT2D eigenvalue weighted by Crippen LogP contribution is -2.32. The molecule has 1 saturated heterocycles. The molecule has 0 bridgehead atoms. The van der Waals surface area contributed by atoms with Crippen LogP contribution in [0.5, 0.6) is 0 Å². The fraction of sp³-hybridized carbons (Fsp3) is 0.857. The molecule has 2 heterocycles. The van der Waals surface area contributed by atoms with Gasteiger partial charge in [0.1, 0.15) is 5.60 Å². The Hall–Kier alpha value is -0.980. The van der Waals surface area contributed by atoms with Gasteiger partial charge in [0.15, 0.2) is 0 Å². The second-order valence-electron chi connectivity index (χ2n) is 5.53. The summed E-state index contributed by atoms with van der Waals surface area (Å²) >= 11 is 0. The Balaban J connectivity index is 1.77. The van der Waals surface area contributed by atoms with Crippen molar-refractivity contribution in [2.75, 3.05) is 26.3 Å². The van der Waals surface area contributed by atoms with Gasteiger partial charge in [-0.3, -0.25) is 0 Å². The Morgan fingerprint density at radius 2 is 2.10 bits per heavy atom. The molecule has 0 amide bonds. The average Bonchev–Trinajstić information content (AvgIpc) is 2.90. The van der Waals surface area contributed by atoms with Gasteiger partial charge in [0.05, 0.1) is 19.1 Å². The predicted octanol–water partition coefficient (Wildman–Crippen LogP) is 1.65. The average molecular weight is 283 g/mol. The molecule has 1 aromatic heterocycles. The zero-order valence-electron chi connectivity index (χ0n) is 12.6. The van der Waals surface area contributed by atoms with E-state index in [1.807, 2.05) is 20.8 Å². The molecule has 1 fully saturated rings. The second kappa shape index (κ2) is 7.15. The fourth-order valence-corrected chi connectivity index (χ4v) is 2.30. The summed E-state index contributed by atoms with van der Waals surface area (Å²) in [6.07, 6.45) is 3.16. The van der Waals surface area contributed by atoms with Gasteiger partial charge in [0.2, 0.25) is 11.7 Å². The quantitative estimate of drug-likeness (QED) is 0.820. The molecular formula is C14H25N3O3. The highest BCUT2D eigenvalue weighted by atomic mass is 16.5. The Morgan fingerprint density at radius 3 is 2.80 bits per heavy atom. The molecule has 20 heavy (non-hydrogen) atoms. The first kappa shape index (κ1) is 15.4. The van der Waals surface area contributed by atoms with Crippen LogP contribution in [0.1, 0.15) is 45.3 Å². The van der Waals surface area contributed by atoms with Crippen molar-refractivity contribution in [1.82, 2.24) is 15.5 Å². The molecule has 0 atom stereocenters. The molecular weight excluding hydrogens is 258 g/mol. The molecule has 6 heteroatoms. The van der Waals surface area contributed by atoms with E-state index in [-0.39, 0.29) is 0 Å². The maximum Gasteiger partial charge on any atom is 0.229 e. The van der Waals surface area contributed by atoms with E-state index in [2.05, 4.69) is 15.5 Å². The molecule has 1 N–H and O–H groups in total. The largest absolute Gasteiger partial charge is 0.378 e. The van der Waals surface area contributed by atoms with Crippen LogP contribution in [0, 0.1) is 0 Å². The van der Waals surface area contributed by atoms with E-state index < -0.39 is 5.60 Å². The van der Waals surface area contributed by atoms with E-state index >= 15 is 0 Å². The zero-order chi connectivity index (χ0) is 14.4. The minimum atomic E-state index is -0.508. The van der Waals surface area contributed by atoms with Crippen molar-refractivity contribution in [3.63, 3.8) is 0 Å². The van der Waals surface area contributed by atoms with Gasteiger partial charge in [-0.25, -0.2) is 0 Å². The van der Waals surface area contributed by atoms with Crippen LogP contribution >= 0.6 is 0 Å². The normalized spacial score (nSPS) is 17.6. The number of hydrogen-bond acceptors (Lipinski definition) is 6. The van der Waals surface area contributed by atoms with Gasteiger partial charge >= 0.3 is 0 Å². The van der Waals surface area contributed by atoms with Crippen molar-refractivity contribution >= 4 is 0 Å². The van der Waals surface area contributed by atoms with E-state index in [0.29, 0.717) is 37.5 Å². The summed E-state index contributed by atoms with van der Waals surface area (Å²) in [5.74, 6) is 1.21. The number of ether oxygens (including phenoxy) is 2. The molecule has 114 valence electrons. The highest BCUT2D eigenvalue weighted by molar-refractivity contribution is 4.97. The van der Waals surface area contributed by atoms with E-state index in [1.165, 1.54) is 0 Å². The van der Waals surface area contributed by atoms with Crippen molar-refractivity contribution < 1.29 is 14.0 Å². The Morgan fingerprint density at radius 1 is 1.35 bits per heavy atom. The topological polar surface area (TPSA) is 69.4 Å². The van der Waals surface area contributed by atoms with Gasteiger partial charge in [-0.05, 0) is 46.7 Å². The zero-order valence-corrected chi connectivity index (χ0v) is 12.6. The molecule has 0 spiro atoms. The number of nitrogens with zero attached hydrogens (tertiary/aromatic N) is 2. The van der Waals surface area contributed by atoms with Crippen molar-refractivity contribution in [2.45, 2.75) is 51.7 Å². The fourth-order valence-electron chi connectivity index (χ4n) is 2.30. The van der Waals surface area contributed by atoms with Crippen molar-refractivity contribution in [1.29, 1.82) is 0 Å². The number of nitrogens with one attached hydrogen (secondary N) is 1. The maximum atomic E-state index is 5.83. The summed E-state index contributed by atoms with van der Waals surface area (Å²) in [5.41, 5.74) is -0.508. The van der Waals surface area contributed by atoms with Gasteiger partial charge in [-0.15, -0.1) is 0 Å². The number of hydrogen-bond donors (Lipinski definition) is 1. The molecule has 0 aliphatic carbocycles. The van der Waals surface area contributed by atoms with Crippen LogP contribution in [0.25, 0.3) is 0 Å². The first-order chi connectivity index (χ1) is 9.62. The Bertz CT molecular complexity index is 400. The summed E-state index contributed by atoms with van der Waals surface area (Å²) < 4.78 is 16.7. The predicted molar refractivity (Wildman–Crippen MR) is 74.5 cm³/mol. The lowest BCUT2D eigenvalue weighted by Gasteiger charge is -2.22. The Kier molecular flexibility index (Phi) is 5.51. The first-order valence-corrected chi connectivity index (χ1v) is 7.41. The maximum absolute atomic E-state index is 5.83. The highest BCUT2D eigenvalue weighted by Gasteiger charge is 2.27. The van der Waals surface area contributed by atoms with E-state index in [9.17, 15) is 0 Å². The number of piperidine rings is 1. The summed E-state index contributed by atoms with van der Waals surface area (Å²) in [4.78, 5) is 4.39. The van der Waals surface area contributed by atoms with Crippen LogP contribution in [0.3, 0.4) is 0 Å². The molecule has 1 aliphatic rings. The van der Waals surface area contributed by atoms with Crippen LogP contribution in [0.4, 0.5) is 0 Å². The molecule has 0 saturated carbocycles. The molecule has 0 unspecified atom stereocenters. The number of rotatable bonds is 7. The van der Waals surface area contributed by atoms with Crippen LogP contribution in [0.15, 0.2) is 4.52 Å². The van der Waals surface area contributed by atoms with E-state index in [0.717, 1.165) is 25.9 Å². The third-order valence-corrected chi connectivity index (χ3v) is 3.47. The standard InChI is InChI=1S/C14H25N3O3/c1-4-19-14(2,3)13-16-12(20-17-13)7-10-18-11-5-8-15-9-6-11/h11,15H,4-10H2,1-3H3. The highest BCUT2D eigenvalue weighted by Crippen LogP contribution is 2.21. The lowest BCUT2D eigenvalue weighted by molar-refractivity contribution is -0.0221. The lowest BCUT2D eigenvalue weighted by atomic mass is 10.1. The number of aromatic nitrogens is 2. The van der Waals surface area contributed by atoms with Crippen LogP contribution in [-0.4, -0.2) is 42.5 Å². The smallest absolute Gasteiger partial charge is 0.229 e. The monoisotopic (exact) mass is 283 g/mol. The van der Waals surface area contributed by atoms with Crippen molar-refractivity contribution in [3.05, 3.63) is 11.7 Å². The molecule has 0 aromatic carbocycles. The van der Waals surface area contributed by atoms with Gasteiger partial charge in [-0.2, -0.15) is 4.98 Å². The van der Waals surface area contributed by atoms with Gasteiger partial charge in [0, 0.05) is 6.61 Å². The van der Waals surface area contributed by atoms with E-state index in [1.54, 1.807) is 0 Å². The minimum absolute atomic E-state index is 0.360. The van der Waals surface area contributed by atoms with Crippen LogP contribution in [-0.2, 0) is 21.5 Å². The molecule has 6 nitrogen and oxygen atoms in total. The molecule has 2 rings (SSSR count). The van der Waals surface area contributed by atoms with Gasteiger partial charge < -0.3 is 19.3 Å². The summed E-state index contributed by atoms with van der Waals surface area (Å²) in [6.45, 7) is 9.16. The van der Waals surface area contributed by atoms with Crippen molar-refractivity contribution in [2.24, 2.45) is 0 Å². The second-order valence-corrected chi connectivity index (χ2v) is 5.53. The third-order valence-electron chi connectivity index (χ3n) is 3.47. The van der Waals surface area contributed by atoms with Crippen LogP contribution < -0.4 is 5.32 Å². The SMILES string of the molecule is CCOC(C)(C)c1noc(CCOC2CCNCC2)n1. The Labute approximate surface area is 120 Å². The van der Waals surface area contributed by atoms with E-state index in [4.69, 9.17) is 14.0 Å². The molecule has 1 aliphatic heterocycles. The minimum Gasteiger partial charge on any atom is -0.378 e. The molecule has 0 radical (unpaired) electrons. The summed E-state index contributed by atoms with van der Waals surface area (Å²) in [6, 6.07) is 0.